The van der Waals surface area contributed by atoms with E-state index in [1.807, 2.05) is 30.3 Å². The van der Waals surface area contributed by atoms with Crippen molar-refractivity contribution in [2.75, 3.05) is 24.6 Å². The Hall–Kier alpha value is -2.71. The molecule has 0 saturated carbocycles. The van der Waals surface area contributed by atoms with Crippen LogP contribution >= 0.6 is 0 Å². The van der Waals surface area contributed by atoms with E-state index in [0.717, 1.165) is 38.1 Å². The van der Waals surface area contributed by atoms with Gasteiger partial charge >= 0.3 is 0 Å². The van der Waals surface area contributed by atoms with Crippen LogP contribution < -0.4 is 16.2 Å². The van der Waals surface area contributed by atoms with Crippen molar-refractivity contribution in [2.24, 2.45) is 18.2 Å². The zero-order chi connectivity index (χ0) is 20.9. The van der Waals surface area contributed by atoms with Gasteiger partial charge in [0.25, 0.3) is 5.56 Å². The average molecular weight is 409 g/mol. The molecule has 2 atom stereocenters. The Kier molecular flexibility index (Phi) is 4.63. The van der Waals surface area contributed by atoms with Crippen molar-refractivity contribution in [1.82, 2.24) is 19.3 Å². The summed E-state index contributed by atoms with van der Waals surface area (Å²) < 4.78 is 9.26. The van der Waals surface area contributed by atoms with Gasteiger partial charge in [0.15, 0.2) is 5.65 Å². The van der Waals surface area contributed by atoms with Crippen LogP contribution in [0.25, 0.3) is 11.0 Å². The van der Waals surface area contributed by atoms with Crippen LogP contribution in [0, 0.1) is 5.41 Å². The molecule has 0 aliphatic carbocycles. The highest BCUT2D eigenvalue weighted by atomic mass is 16.5. The Bertz CT molecular complexity index is 1110. The molecule has 8 heteroatoms. The fourth-order valence-corrected chi connectivity index (χ4v) is 4.85. The van der Waals surface area contributed by atoms with Gasteiger partial charge in [-0.05, 0) is 25.3 Å². The Morgan fingerprint density at radius 1 is 1.23 bits per heavy atom. The molecular formula is C22H28N6O2. The van der Waals surface area contributed by atoms with Gasteiger partial charge in [0, 0.05) is 37.8 Å². The van der Waals surface area contributed by atoms with Crippen LogP contribution in [0.2, 0.25) is 0 Å². The number of fused-ring (bicyclic) bond motifs is 1. The van der Waals surface area contributed by atoms with Gasteiger partial charge in [-0.25, -0.2) is 0 Å². The summed E-state index contributed by atoms with van der Waals surface area (Å²) in [6.07, 6.45) is 3.77. The second-order valence-electron chi connectivity index (χ2n) is 8.72. The van der Waals surface area contributed by atoms with Gasteiger partial charge in [0.2, 0.25) is 5.95 Å². The van der Waals surface area contributed by atoms with Crippen molar-refractivity contribution < 1.29 is 4.74 Å². The molecule has 2 aliphatic rings. The lowest BCUT2D eigenvalue weighted by atomic mass is 9.73. The molecule has 5 rings (SSSR count). The van der Waals surface area contributed by atoms with Gasteiger partial charge in [-0.2, -0.15) is 10.1 Å². The quantitative estimate of drug-likeness (QED) is 0.706. The van der Waals surface area contributed by atoms with Crippen molar-refractivity contribution in [3.05, 3.63) is 52.4 Å². The molecule has 158 valence electrons. The van der Waals surface area contributed by atoms with Crippen LogP contribution in [0.4, 0.5) is 5.95 Å². The van der Waals surface area contributed by atoms with Crippen molar-refractivity contribution >= 4 is 17.0 Å². The summed E-state index contributed by atoms with van der Waals surface area (Å²) in [6, 6.07) is 10.1. The molecule has 2 fully saturated rings. The van der Waals surface area contributed by atoms with E-state index in [1.165, 1.54) is 0 Å². The third kappa shape index (κ3) is 3.11. The van der Waals surface area contributed by atoms with Gasteiger partial charge in [-0.3, -0.25) is 14.0 Å². The van der Waals surface area contributed by atoms with Crippen LogP contribution in [0.15, 0.2) is 41.3 Å². The topological polar surface area (TPSA) is 91.2 Å². The number of rotatable bonds is 3. The molecule has 3 aromatic rings. The SMILES string of the molecule is C[C@@H]1OCC2(CCN(c3nc4nn(Cc5ccccc5)cc4c(=O)n3C)CC2)[C@@H]1N. The summed E-state index contributed by atoms with van der Waals surface area (Å²) in [7, 11) is 1.79. The van der Waals surface area contributed by atoms with E-state index < -0.39 is 0 Å². The highest BCUT2D eigenvalue weighted by Crippen LogP contribution is 2.41. The Morgan fingerprint density at radius 3 is 2.63 bits per heavy atom. The van der Waals surface area contributed by atoms with Gasteiger partial charge in [-0.1, -0.05) is 30.3 Å². The summed E-state index contributed by atoms with van der Waals surface area (Å²) in [5, 5.41) is 5.13. The van der Waals surface area contributed by atoms with Crippen molar-refractivity contribution in [3.8, 4) is 0 Å². The molecule has 30 heavy (non-hydrogen) atoms. The monoisotopic (exact) mass is 408 g/mol. The largest absolute Gasteiger partial charge is 0.376 e. The van der Waals surface area contributed by atoms with Crippen molar-refractivity contribution in [2.45, 2.75) is 38.5 Å². The van der Waals surface area contributed by atoms with E-state index in [9.17, 15) is 4.79 Å². The van der Waals surface area contributed by atoms with Crippen LogP contribution in [0.1, 0.15) is 25.3 Å². The number of aromatic nitrogens is 4. The van der Waals surface area contributed by atoms with E-state index in [-0.39, 0.29) is 23.1 Å². The molecule has 1 spiro atoms. The molecule has 2 saturated heterocycles. The number of hydrogen-bond acceptors (Lipinski definition) is 6. The van der Waals surface area contributed by atoms with Crippen LogP contribution in [-0.4, -0.2) is 51.2 Å². The predicted octanol–water partition coefficient (Wildman–Crippen LogP) is 1.51. The zero-order valence-electron chi connectivity index (χ0n) is 17.5. The fraction of sp³-hybridized carbons (Fsp3) is 0.500. The zero-order valence-corrected chi connectivity index (χ0v) is 17.5. The molecule has 0 bridgehead atoms. The summed E-state index contributed by atoms with van der Waals surface area (Å²) in [5.41, 5.74) is 8.04. The summed E-state index contributed by atoms with van der Waals surface area (Å²) in [5.74, 6) is 0.674. The lowest BCUT2D eigenvalue weighted by Crippen LogP contribution is -2.51. The Morgan fingerprint density at radius 2 is 1.97 bits per heavy atom. The molecule has 2 aromatic heterocycles. The number of anilines is 1. The van der Waals surface area contributed by atoms with Crippen LogP contribution in [0.5, 0.6) is 0 Å². The summed E-state index contributed by atoms with van der Waals surface area (Å²) in [4.78, 5) is 19.9. The minimum atomic E-state index is -0.0656. The number of hydrogen-bond donors (Lipinski definition) is 1. The molecule has 2 aliphatic heterocycles. The Balaban J connectivity index is 1.41. The first-order chi connectivity index (χ1) is 14.5. The standard InChI is InChI=1S/C22H28N6O2/c1-15-18(23)22(14-30-15)8-10-27(11-9-22)21-24-19-17(20(29)26(21)2)13-28(25-19)12-16-6-4-3-5-7-16/h3-7,13,15,18H,8-12,14,23H2,1-2H3/t15-,18+/m0/s1. The van der Waals surface area contributed by atoms with Crippen LogP contribution in [-0.2, 0) is 18.3 Å². The van der Waals surface area contributed by atoms with E-state index in [1.54, 1.807) is 22.5 Å². The summed E-state index contributed by atoms with van der Waals surface area (Å²) >= 11 is 0. The molecule has 0 amide bonds. The second-order valence-corrected chi connectivity index (χ2v) is 8.72. The molecule has 2 N–H and O–H groups in total. The van der Waals surface area contributed by atoms with E-state index in [0.29, 0.717) is 23.5 Å². The van der Waals surface area contributed by atoms with Gasteiger partial charge in [0.1, 0.15) is 5.39 Å². The number of benzene rings is 1. The fourth-order valence-electron chi connectivity index (χ4n) is 4.85. The second kappa shape index (κ2) is 7.21. The minimum Gasteiger partial charge on any atom is -0.376 e. The van der Waals surface area contributed by atoms with Crippen molar-refractivity contribution in [3.63, 3.8) is 0 Å². The first kappa shape index (κ1) is 19.3. The Labute approximate surface area is 175 Å². The van der Waals surface area contributed by atoms with Crippen molar-refractivity contribution in [1.29, 1.82) is 0 Å². The maximum absolute atomic E-state index is 13.0. The molecule has 4 heterocycles. The molecule has 1 aromatic carbocycles. The number of ether oxygens (including phenoxy) is 1. The van der Waals surface area contributed by atoms with E-state index in [2.05, 4.69) is 16.9 Å². The highest BCUT2D eigenvalue weighted by molar-refractivity contribution is 5.74. The van der Waals surface area contributed by atoms with E-state index in [4.69, 9.17) is 15.5 Å². The van der Waals surface area contributed by atoms with E-state index >= 15 is 0 Å². The summed E-state index contributed by atoms with van der Waals surface area (Å²) in [6.45, 7) is 4.99. The normalized spacial score (nSPS) is 23.5. The molecular weight excluding hydrogens is 380 g/mol. The minimum absolute atomic E-state index is 0.0378. The maximum Gasteiger partial charge on any atom is 0.265 e. The molecule has 0 radical (unpaired) electrons. The van der Waals surface area contributed by atoms with Gasteiger partial charge in [0.05, 0.1) is 19.3 Å². The third-order valence-corrected chi connectivity index (χ3v) is 6.86. The first-order valence-electron chi connectivity index (χ1n) is 10.6. The predicted molar refractivity (Wildman–Crippen MR) is 116 cm³/mol. The lowest BCUT2D eigenvalue weighted by Gasteiger charge is -2.41. The third-order valence-electron chi connectivity index (χ3n) is 6.86. The highest BCUT2D eigenvalue weighted by Gasteiger charge is 2.47. The molecule has 0 unspecified atom stereocenters. The number of piperidine rings is 1. The number of nitrogens with zero attached hydrogens (tertiary/aromatic N) is 5. The van der Waals surface area contributed by atoms with Gasteiger partial charge in [-0.15, -0.1) is 0 Å². The average Bonchev–Trinajstić information content (AvgIpc) is 3.29. The maximum atomic E-state index is 13.0. The smallest absolute Gasteiger partial charge is 0.265 e. The first-order valence-corrected chi connectivity index (χ1v) is 10.6. The molecule has 8 nitrogen and oxygen atoms in total. The van der Waals surface area contributed by atoms with Gasteiger partial charge < -0.3 is 15.4 Å². The van der Waals surface area contributed by atoms with Crippen LogP contribution in [0.3, 0.4) is 0 Å². The number of nitrogens with two attached hydrogens (primary N) is 1. The lowest BCUT2D eigenvalue weighted by molar-refractivity contribution is 0.0973.